The molecule has 3 nitrogen and oxygen atoms in total. The van der Waals surface area contributed by atoms with Gasteiger partial charge in [0.15, 0.2) is 0 Å². The third-order valence-corrected chi connectivity index (χ3v) is 2.67. The van der Waals surface area contributed by atoms with Gasteiger partial charge in [0.1, 0.15) is 5.76 Å². The van der Waals surface area contributed by atoms with Crippen molar-refractivity contribution in [2.75, 3.05) is 7.05 Å². The molecule has 0 aliphatic rings. The zero-order valence-electron chi connectivity index (χ0n) is 11.1. The lowest BCUT2D eigenvalue weighted by Crippen LogP contribution is -2.06. The number of rotatable bonds is 3. The molecular formula is C16H16N2O. The van der Waals surface area contributed by atoms with E-state index in [1.165, 1.54) is 0 Å². The molecule has 1 heterocycles. The number of hydrogen-bond donors (Lipinski definition) is 0. The van der Waals surface area contributed by atoms with Crippen LogP contribution in [0.25, 0.3) is 5.76 Å². The Morgan fingerprint density at radius 3 is 2.63 bits per heavy atom. The van der Waals surface area contributed by atoms with Crippen molar-refractivity contribution in [2.45, 2.75) is 6.92 Å². The molecule has 2 aromatic rings. The van der Waals surface area contributed by atoms with Gasteiger partial charge in [0, 0.05) is 30.6 Å². The molecule has 19 heavy (non-hydrogen) atoms. The number of benzene rings is 1. The molecule has 96 valence electrons. The van der Waals surface area contributed by atoms with Crippen molar-refractivity contribution in [3.63, 3.8) is 0 Å². The van der Waals surface area contributed by atoms with Gasteiger partial charge in [-0.3, -0.25) is 9.98 Å². The third kappa shape index (κ3) is 3.28. The zero-order chi connectivity index (χ0) is 13.7. The highest BCUT2D eigenvalue weighted by atomic mass is 16.5. The molecule has 0 aliphatic carbocycles. The van der Waals surface area contributed by atoms with Gasteiger partial charge in [0.05, 0.1) is 0 Å². The van der Waals surface area contributed by atoms with Crippen LogP contribution in [0.2, 0.25) is 0 Å². The molecule has 0 saturated heterocycles. The summed E-state index contributed by atoms with van der Waals surface area (Å²) in [5, 5.41) is 0. The molecule has 3 heteroatoms. The number of pyridine rings is 1. The second kappa shape index (κ2) is 5.96. The minimum absolute atomic E-state index is 0.537. The fourth-order valence-corrected chi connectivity index (χ4v) is 1.72. The molecule has 1 aromatic heterocycles. The third-order valence-electron chi connectivity index (χ3n) is 2.67. The molecule has 0 radical (unpaired) electrons. The molecule has 0 saturated carbocycles. The summed E-state index contributed by atoms with van der Waals surface area (Å²) in [7, 11) is 1.70. The first-order chi connectivity index (χ1) is 9.20. The van der Waals surface area contributed by atoms with Gasteiger partial charge in [-0.15, -0.1) is 0 Å². The smallest absolute Gasteiger partial charge is 0.221 e. The first-order valence-corrected chi connectivity index (χ1v) is 6.01. The summed E-state index contributed by atoms with van der Waals surface area (Å²) in [6, 6.07) is 11.8. The molecule has 2 rings (SSSR count). The van der Waals surface area contributed by atoms with E-state index >= 15 is 0 Å². The highest BCUT2D eigenvalue weighted by Crippen LogP contribution is 2.16. The van der Waals surface area contributed by atoms with Crippen LogP contribution in [-0.2, 0) is 4.74 Å². The molecule has 0 amide bonds. The van der Waals surface area contributed by atoms with E-state index in [4.69, 9.17) is 4.74 Å². The van der Waals surface area contributed by atoms with Crippen molar-refractivity contribution in [3.05, 3.63) is 72.1 Å². The fraction of sp³-hybridized carbons (Fsp3) is 0.125. The summed E-state index contributed by atoms with van der Waals surface area (Å²) < 4.78 is 5.74. The van der Waals surface area contributed by atoms with E-state index in [0.29, 0.717) is 11.7 Å². The summed E-state index contributed by atoms with van der Waals surface area (Å²) in [6.45, 7) is 5.95. The lowest BCUT2D eigenvalue weighted by Gasteiger charge is -2.11. The number of ether oxygens (including phenoxy) is 1. The second-order valence-corrected chi connectivity index (χ2v) is 4.17. The van der Waals surface area contributed by atoms with Gasteiger partial charge in [-0.25, -0.2) is 0 Å². The van der Waals surface area contributed by atoms with E-state index in [1.54, 1.807) is 19.4 Å². The van der Waals surface area contributed by atoms with Crippen LogP contribution in [0.1, 0.15) is 16.7 Å². The molecule has 0 aliphatic heterocycles. The predicted molar refractivity (Wildman–Crippen MR) is 78.0 cm³/mol. The first-order valence-electron chi connectivity index (χ1n) is 6.01. The van der Waals surface area contributed by atoms with Gasteiger partial charge >= 0.3 is 0 Å². The van der Waals surface area contributed by atoms with Gasteiger partial charge in [-0.2, -0.15) is 0 Å². The van der Waals surface area contributed by atoms with Crippen molar-refractivity contribution in [3.8, 4) is 0 Å². The Morgan fingerprint density at radius 1 is 1.21 bits per heavy atom. The summed E-state index contributed by atoms with van der Waals surface area (Å²) >= 11 is 0. The summed E-state index contributed by atoms with van der Waals surface area (Å²) in [5.41, 5.74) is 2.94. The van der Waals surface area contributed by atoms with Crippen molar-refractivity contribution >= 4 is 11.7 Å². The quantitative estimate of drug-likeness (QED) is 0.476. The molecule has 0 spiro atoms. The molecule has 0 atom stereocenters. The summed E-state index contributed by atoms with van der Waals surface area (Å²) in [5.74, 6) is 1.09. The maximum Gasteiger partial charge on any atom is 0.221 e. The van der Waals surface area contributed by atoms with Gasteiger partial charge in [0.25, 0.3) is 0 Å². The van der Waals surface area contributed by atoms with Crippen LogP contribution in [0.3, 0.4) is 0 Å². The molecule has 0 bridgehead atoms. The SMILES string of the molecule is C=C(OC(=NC)c1cccc(C)c1)c1cccnc1. The van der Waals surface area contributed by atoms with Gasteiger partial charge in [-0.1, -0.05) is 24.3 Å². The van der Waals surface area contributed by atoms with Crippen molar-refractivity contribution in [1.82, 2.24) is 4.98 Å². The second-order valence-electron chi connectivity index (χ2n) is 4.17. The lowest BCUT2D eigenvalue weighted by atomic mass is 10.1. The maximum absolute atomic E-state index is 5.74. The van der Waals surface area contributed by atoms with E-state index in [0.717, 1.165) is 16.7 Å². The Kier molecular flexibility index (Phi) is 4.08. The lowest BCUT2D eigenvalue weighted by molar-refractivity contribution is 0.509. The van der Waals surface area contributed by atoms with Crippen LogP contribution < -0.4 is 0 Å². The number of hydrogen-bond acceptors (Lipinski definition) is 3. The highest BCUT2D eigenvalue weighted by molar-refractivity contribution is 5.97. The van der Waals surface area contributed by atoms with Crippen LogP contribution in [0.15, 0.2) is 60.4 Å². The van der Waals surface area contributed by atoms with Crippen molar-refractivity contribution in [1.29, 1.82) is 0 Å². The average molecular weight is 252 g/mol. The van der Waals surface area contributed by atoms with Crippen LogP contribution in [0, 0.1) is 6.92 Å². The minimum atomic E-state index is 0.537. The Hall–Kier alpha value is -2.42. The molecule has 0 fully saturated rings. The Balaban J connectivity index is 2.19. The van der Waals surface area contributed by atoms with E-state index in [9.17, 15) is 0 Å². The standard InChI is InChI=1S/C16H16N2O/c1-12-6-4-7-14(10-12)16(17-3)19-13(2)15-8-5-9-18-11-15/h4-11H,2H2,1,3H3. The minimum Gasteiger partial charge on any atom is -0.439 e. The van der Waals surface area contributed by atoms with Crippen molar-refractivity contribution in [2.24, 2.45) is 4.99 Å². The Morgan fingerprint density at radius 2 is 2.00 bits per heavy atom. The predicted octanol–water partition coefficient (Wildman–Crippen LogP) is 3.45. The number of aliphatic imine (C=N–C) groups is 1. The Labute approximate surface area is 113 Å². The van der Waals surface area contributed by atoms with Crippen LogP contribution in [0.4, 0.5) is 0 Å². The van der Waals surface area contributed by atoms with Crippen molar-refractivity contribution < 1.29 is 4.74 Å². The highest BCUT2D eigenvalue weighted by Gasteiger charge is 2.08. The molecule has 0 N–H and O–H groups in total. The summed E-state index contributed by atoms with van der Waals surface area (Å²) in [4.78, 5) is 8.22. The average Bonchev–Trinajstić information content (AvgIpc) is 2.45. The Bertz CT molecular complexity index is 603. The van der Waals surface area contributed by atoms with Crippen LogP contribution in [-0.4, -0.2) is 17.9 Å². The van der Waals surface area contributed by atoms with Gasteiger partial charge in [-0.05, 0) is 31.2 Å². The largest absolute Gasteiger partial charge is 0.439 e. The zero-order valence-corrected chi connectivity index (χ0v) is 11.1. The van der Waals surface area contributed by atoms with E-state index in [2.05, 4.69) is 16.6 Å². The first kappa shape index (κ1) is 13.0. The van der Waals surface area contributed by atoms with E-state index in [-0.39, 0.29) is 0 Å². The van der Waals surface area contributed by atoms with Gasteiger partial charge < -0.3 is 4.74 Å². The van der Waals surface area contributed by atoms with E-state index < -0.39 is 0 Å². The monoisotopic (exact) mass is 252 g/mol. The van der Waals surface area contributed by atoms with E-state index in [1.807, 2.05) is 43.3 Å². The summed E-state index contributed by atoms with van der Waals surface area (Å²) in [6.07, 6.45) is 3.43. The normalized spacial score (nSPS) is 11.2. The molecule has 0 unspecified atom stereocenters. The van der Waals surface area contributed by atoms with Gasteiger partial charge in [0.2, 0.25) is 5.90 Å². The molecular weight excluding hydrogens is 236 g/mol. The number of aryl methyl sites for hydroxylation is 1. The number of nitrogens with zero attached hydrogens (tertiary/aromatic N) is 2. The fourth-order valence-electron chi connectivity index (χ4n) is 1.72. The molecule has 1 aromatic carbocycles. The topological polar surface area (TPSA) is 34.5 Å². The van der Waals surface area contributed by atoms with Crippen LogP contribution >= 0.6 is 0 Å². The maximum atomic E-state index is 5.74. The number of aromatic nitrogens is 1. The van der Waals surface area contributed by atoms with Crippen LogP contribution in [0.5, 0.6) is 0 Å².